The third-order valence-corrected chi connectivity index (χ3v) is 1.96. The van der Waals surface area contributed by atoms with Gasteiger partial charge in [0, 0.05) is 11.1 Å². The lowest BCUT2D eigenvalue weighted by atomic mass is 9.95. The molecule has 1 aromatic rings. The number of rotatable bonds is 3. The van der Waals surface area contributed by atoms with E-state index in [0.29, 0.717) is 12.2 Å². The lowest BCUT2D eigenvalue weighted by molar-refractivity contribution is 0.389. The molecule has 0 saturated carbocycles. The van der Waals surface area contributed by atoms with Gasteiger partial charge in [-0.25, -0.2) is 0 Å². The highest BCUT2D eigenvalue weighted by Gasteiger charge is 2.17. The average Bonchev–Trinajstić information content (AvgIpc) is 2.06. The Hall–Kier alpha value is -1.22. The molecule has 3 heteroatoms. The summed E-state index contributed by atoms with van der Waals surface area (Å²) in [7, 11) is 1.59. The van der Waals surface area contributed by atoms with Crippen LogP contribution in [0.5, 0.6) is 11.5 Å². The fourth-order valence-corrected chi connectivity index (χ4v) is 1.38. The molecule has 0 aliphatic heterocycles. The van der Waals surface area contributed by atoms with E-state index in [9.17, 15) is 5.11 Å². The molecule has 0 aliphatic rings. The minimum Gasteiger partial charge on any atom is -0.508 e. The third kappa shape index (κ3) is 2.64. The van der Waals surface area contributed by atoms with Crippen molar-refractivity contribution >= 4 is 0 Å². The number of nitrogens with two attached hydrogens (primary N) is 1. The number of hydrogen-bond donors (Lipinski definition) is 2. The Labute approximate surface area is 84.5 Å². The second kappa shape index (κ2) is 3.88. The summed E-state index contributed by atoms with van der Waals surface area (Å²) in [6.45, 7) is 3.83. The molecule has 1 rings (SSSR count). The molecular weight excluding hydrogens is 178 g/mol. The topological polar surface area (TPSA) is 55.5 Å². The number of ether oxygens (including phenoxy) is 1. The predicted octanol–water partition coefficient (Wildman–Crippen LogP) is 1.68. The molecule has 0 aliphatic carbocycles. The molecule has 0 unspecified atom stereocenters. The molecule has 3 N–H and O–H groups in total. The van der Waals surface area contributed by atoms with Crippen molar-refractivity contribution in [1.82, 2.24) is 0 Å². The maximum Gasteiger partial charge on any atom is 0.125 e. The van der Waals surface area contributed by atoms with Crippen LogP contribution >= 0.6 is 0 Å². The van der Waals surface area contributed by atoms with E-state index in [0.717, 1.165) is 5.56 Å². The van der Waals surface area contributed by atoms with Gasteiger partial charge in [-0.1, -0.05) is 6.07 Å². The van der Waals surface area contributed by atoms with Gasteiger partial charge in [0.1, 0.15) is 11.5 Å². The maximum absolute atomic E-state index is 9.65. The Bertz CT molecular complexity index is 316. The zero-order valence-electron chi connectivity index (χ0n) is 8.87. The molecule has 0 atom stereocenters. The van der Waals surface area contributed by atoms with Crippen LogP contribution in [0.4, 0.5) is 0 Å². The van der Waals surface area contributed by atoms with E-state index in [1.54, 1.807) is 19.2 Å². The smallest absolute Gasteiger partial charge is 0.125 e. The summed E-state index contributed by atoms with van der Waals surface area (Å²) in [6, 6.07) is 5.21. The van der Waals surface area contributed by atoms with Gasteiger partial charge in [0.05, 0.1) is 7.11 Å². The van der Waals surface area contributed by atoms with Crippen LogP contribution in [0.15, 0.2) is 18.2 Å². The standard InChI is InChI=1S/C11H17NO2/c1-11(2,12)7-8-9(13)5-4-6-10(8)14-3/h4-6,13H,7,12H2,1-3H3. The van der Waals surface area contributed by atoms with Crippen molar-refractivity contribution in [3.63, 3.8) is 0 Å². The number of phenols is 1. The fraction of sp³-hybridized carbons (Fsp3) is 0.455. The van der Waals surface area contributed by atoms with Gasteiger partial charge in [0.2, 0.25) is 0 Å². The van der Waals surface area contributed by atoms with Crippen LogP contribution in [0, 0.1) is 0 Å². The zero-order valence-corrected chi connectivity index (χ0v) is 8.87. The largest absolute Gasteiger partial charge is 0.508 e. The van der Waals surface area contributed by atoms with Crippen LogP contribution in [0.25, 0.3) is 0 Å². The van der Waals surface area contributed by atoms with Gasteiger partial charge in [-0.05, 0) is 32.4 Å². The normalized spacial score (nSPS) is 11.4. The van der Waals surface area contributed by atoms with Crippen molar-refractivity contribution in [1.29, 1.82) is 0 Å². The quantitative estimate of drug-likeness (QED) is 0.771. The van der Waals surface area contributed by atoms with Gasteiger partial charge in [-0.3, -0.25) is 0 Å². The van der Waals surface area contributed by atoms with Crippen LogP contribution in [-0.2, 0) is 6.42 Å². The highest BCUT2D eigenvalue weighted by molar-refractivity contribution is 5.44. The Morgan fingerprint density at radius 3 is 2.57 bits per heavy atom. The third-order valence-electron chi connectivity index (χ3n) is 1.96. The zero-order chi connectivity index (χ0) is 10.8. The minimum absolute atomic E-state index is 0.239. The highest BCUT2D eigenvalue weighted by Crippen LogP contribution is 2.29. The van der Waals surface area contributed by atoms with Crippen LogP contribution in [0.1, 0.15) is 19.4 Å². The number of phenolic OH excluding ortho intramolecular Hbond substituents is 1. The van der Waals surface area contributed by atoms with Crippen LogP contribution in [0.2, 0.25) is 0 Å². The summed E-state index contributed by atoms with van der Waals surface area (Å²) in [5.74, 6) is 0.923. The molecule has 3 nitrogen and oxygen atoms in total. The van der Waals surface area contributed by atoms with E-state index in [-0.39, 0.29) is 11.3 Å². The maximum atomic E-state index is 9.65. The number of hydrogen-bond acceptors (Lipinski definition) is 3. The summed E-state index contributed by atoms with van der Waals surface area (Å²) in [4.78, 5) is 0. The van der Waals surface area contributed by atoms with Crippen molar-refractivity contribution in [3.05, 3.63) is 23.8 Å². The molecule has 78 valence electrons. The molecule has 0 fully saturated rings. The van der Waals surface area contributed by atoms with Crippen molar-refractivity contribution in [2.45, 2.75) is 25.8 Å². The molecule has 0 heterocycles. The van der Waals surface area contributed by atoms with Crippen LogP contribution < -0.4 is 10.5 Å². The molecule has 0 spiro atoms. The average molecular weight is 195 g/mol. The van der Waals surface area contributed by atoms with E-state index in [2.05, 4.69) is 0 Å². The first-order valence-corrected chi connectivity index (χ1v) is 4.58. The molecule has 0 radical (unpaired) electrons. The Balaban J connectivity index is 3.05. The second-order valence-electron chi connectivity index (χ2n) is 4.12. The summed E-state index contributed by atoms with van der Waals surface area (Å²) in [6.07, 6.45) is 0.586. The summed E-state index contributed by atoms with van der Waals surface area (Å²) in [5.41, 5.74) is 6.30. The van der Waals surface area contributed by atoms with Crippen molar-refractivity contribution in [2.75, 3.05) is 7.11 Å². The lowest BCUT2D eigenvalue weighted by Gasteiger charge is -2.20. The van der Waals surface area contributed by atoms with Crippen LogP contribution in [0.3, 0.4) is 0 Å². The van der Waals surface area contributed by atoms with Gasteiger partial charge in [0.15, 0.2) is 0 Å². The van der Waals surface area contributed by atoms with Gasteiger partial charge in [-0.2, -0.15) is 0 Å². The first-order chi connectivity index (χ1) is 6.44. The monoisotopic (exact) mass is 195 g/mol. The predicted molar refractivity (Wildman–Crippen MR) is 56.6 cm³/mol. The first kappa shape index (κ1) is 10.9. The second-order valence-corrected chi connectivity index (χ2v) is 4.12. The SMILES string of the molecule is COc1cccc(O)c1CC(C)(C)N. The van der Waals surface area contributed by atoms with E-state index in [1.807, 2.05) is 19.9 Å². The van der Waals surface area contributed by atoms with Gasteiger partial charge >= 0.3 is 0 Å². The molecule has 1 aromatic carbocycles. The van der Waals surface area contributed by atoms with Gasteiger partial charge in [-0.15, -0.1) is 0 Å². The molecule has 0 bridgehead atoms. The van der Waals surface area contributed by atoms with Crippen LogP contribution in [-0.4, -0.2) is 17.8 Å². The number of methoxy groups -OCH3 is 1. The van der Waals surface area contributed by atoms with Crippen molar-refractivity contribution < 1.29 is 9.84 Å². The molecule has 14 heavy (non-hydrogen) atoms. The lowest BCUT2D eigenvalue weighted by Crippen LogP contribution is -2.34. The highest BCUT2D eigenvalue weighted by atomic mass is 16.5. The summed E-state index contributed by atoms with van der Waals surface area (Å²) in [5, 5.41) is 9.65. The summed E-state index contributed by atoms with van der Waals surface area (Å²) < 4.78 is 5.16. The summed E-state index contributed by atoms with van der Waals surface area (Å²) >= 11 is 0. The fourth-order valence-electron chi connectivity index (χ4n) is 1.38. The minimum atomic E-state index is -0.355. The van der Waals surface area contributed by atoms with Gasteiger partial charge in [0.25, 0.3) is 0 Å². The number of aromatic hydroxyl groups is 1. The number of benzene rings is 1. The Morgan fingerprint density at radius 2 is 2.07 bits per heavy atom. The first-order valence-electron chi connectivity index (χ1n) is 4.58. The van der Waals surface area contributed by atoms with E-state index < -0.39 is 0 Å². The van der Waals surface area contributed by atoms with E-state index in [4.69, 9.17) is 10.5 Å². The Morgan fingerprint density at radius 1 is 1.43 bits per heavy atom. The van der Waals surface area contributed by atoms with Gasteiger partial charge < -0.3 is 15.6 Å². The molecule has 0 aromatic heterocycles. The molecule has 0 saturated heterocycles. The molecular formula is C11H17NO2. The van der Waals surface area contributed by atoms with Crippen molar-refractivity contribution in [3.8, 4) is 11.5 Å². The Kier molecular flexibility index (Phi) is 3.01. The van der Waals surface area contributed by atoms with E-state index >= 15 is 0 Å². The van der Waals surface area contributed by atoms with E-state index in [1.165, 1.54) is 0 Å². The molecule has 0 amide bonds. The van der Waals surface area contributed by atoms with Crippen molar-refractivity contribution in [2.24, 2.45) is 5.73 Å².